The van der Waals surface area contributed by atoms with E-state index in [0.717, 1.165) is 30.6 Å². The quantitative estimate of drug-likeness (QED) is 0.894. The zero-order valence-electron chi connectivity index (χ0n) is 12.1. The minimum Gasteiger partial charge on any atom is -0.370 e. The molecule has 1 atom stereocenters. The highest BCUT2D eigenvalue weighted by atomic mass is 16.1. The highest BCUT2D eigenvalue weighted by molar-refractivity contribution is 5.87. The van der Waals surface area contributed by atoms with Gasteiger partial charge in [0, 0.05) is 18.8 Å². The van der Waals surface area contributed by atoms with Crippen molar-refractivity contribution in [3.05, 3.63) is 29.8 Å². The number of carbonyl (C=O) groups is 1. The lowest BCUT2D eigenvalue weighted by atomic mass is 9.90. The lowest BCUT2D eigenvalue weighted by molar-refractivity contribution is -0.119. The van der Waals surface area contributed by atoms with Gasteiger partial charge >= 0.3 is 0 Å². The minimum atomic E-state index is -0.289. The molecule has 1 heterocycles. The molecule has 20 heavy (non-hydrogen) atoms. The van der Waals surface area contributed by atoms with Gasteiger partial charge in [-0.1, -0.05) is 18.2 Å². The van der Waals surface area contributed by atoms with Crippen molar-refractivity contribution in [2.45, 2.75) is 32.6 Å². The zero-order chi connectivity index (χ0) is 14.8. The Kier molecular flexibility index (Phi) is 3.99. The largest absolute Gasteiger partial charge is 0.370 e. The molecule has 0 saturated heterocycles. The summed E-state index contributed by atoms with van der Waals surface area (Å²) in [5.41, 5.74) is 7.33. The van der Waals surface area contributed by atoms with E-state index in [-0.39, 0.29) is 17.2 Å². The van der Waals surface area contributed by atoms with Crippen molar-refractivity contribution in [3.8, 4) is 6.07 Å². The van der Waals surface area contributed by atoms with Crippen LogP contribution in [0.4, 0.5) is 5.69 Å². The van der Waals surface area contributed by atoms with E-state index >= 15 is 0 Å². The van der Waals surface area contributed by atoms with E-state index in [4.69, 9.17) is 11.0 Å². The zero-order valence-corrected chi connectivity index (χ0v) is 12.1. The van der Waals surface area contributed by atoms with Gasteiger partial charge in [-0.15, -0.1) is 0 Å². The van der Waals surface area contributed by atoms with Crippen LogP contribution >= 0.6 is 0 Å². The number of hydrogen-bond acceptors (Lipinski definition) is 3. The smallest absolute Gasteiger partial charge is 0.226 e. The standard InChI is InChI=1S/C16H21N3O/c1-16(2,11-17)8-5-9-19-10-13(15(18)20)12-6-3-4-7-14(12)19/h3-4,6-7,13H,5,8-10H2,1-2H3,(H2,18,20)/t13-/m0/s1. The molecule has 4 nitrogen and oxygen atoms in total. The molecule has 2 N–H and O–H groups in total. The predicted molar refractivity (Wildman–Crippen MR) is 79.2 cm³/mol. The van der Waals surface area contributed by atoms with E-state index in [2.05, 4.69) is 11.0 Å². The Bertz CT molecular complexity index is 545. The fourth-order valence-corrected chi connectivity index (χ4v) is 2.71. The summed E-state index contributed by atoms with van der Waals surface area (Å²) in [4.78, 5) is 13.7. The summed E-state index contributed by atoms with van der Waals surface area (Å²) in [6.07, 6.45) is 1.78. The second kappa shape index (κ2) is 5.54. The minimum absolute atomic E-state index is 0.213. The van der Waals surface area contributed by atoms with Crippen molar-refractivity contribution >= 4 is 11.6 Å². The van der Waals surface area contributed by atoms with Crippen LogP contribution in [0.3, 0.4) is 0 Å². The molecule has 106 valence electrons. The van der Waals surface area contributed by atoms with Crippen molar-refractivity contribution in [3.63, 3.8) is 0 Å². The third-order valence-electron chi connectivity index (χ3n) is 3.93. The van der Waals surface area contributed by atoms with Crippen LogP contribution in [0.1, 0.15) is 38.2 Å². The topological polar surface area (TPSA) is 70.1 Å². The maximum Gasteiger partial charge on any atom is 0.226 e. The molecule has 4 heteroatoms. The Morgan fingerprint density at radius 2 is 2.20 bits per heavy atom. The van der Waals surface area contributed by atoms with Gasteiger partial charge < -0.3 is 10.6 Å². The fraction of sp³-hybridized carbons (Fsp3) is 0.500. The lowest BCUT2D eigenvalue weighted by Gasteiger charge is -2.22. The molecule has 0 fully saturated rings. The number of para-hydroxylation sites is 1. The number of nitrogens with two attached hydrogens (primary N) is 1. The number of benzene rings is 1. The molecule has 0 bridgehead atoms. The highest BCUT2D eigenvalue weighted by Crippen LogP contribution is 2.36. The number of fused-ring (bicyclic) bond motifs is 1. The molecule has 0 saturated carbocycles. The summed E-state index contributed by atoms with van der Waals surface area (Å²) >= 11 is 0. The Labute approximate surface area is 120 Å². The summed E-state index contributed by atoms with van der Waals surface area (Å²) in [7, 11) is 0. The Morgan fingerprint density at radius 1 is 1.50 bits per heavy atom. The third-order valence-corrected chi connectivity index (χ3v) is 3.93. The lowest BCUT2D eigenvalue weighted by Crippen LogP contribution is -2.29. The fourth-order valence-electron chi connectivity index (χ4n) is 2.71. The van der Waals surface area contributed by atoms with Gasteiger partial charge in [0.1, 0.15) is 0 Å². The number of carbonyl (C=O) groups excluding carboxylic acids is 1. The Morgan fingerprint density at radius 3 is 2.85 bits per heavy atom. The molecule has 1 aromatic rings. The first-order chi connectivity index (χ1) is 9.44. The number of rotatable bonds is 5. The maximum absolute atomic E-state index is 11.5. The number of nitrogens with zero attached hydrogens (tertiary/aromatic N) is 2. The second-order valence-electron chi connectivity index (χ2n) is 6.06. The molecule has 1 amide bonds. The van der Waals surface area contributed by atoms with E-state index in [0.29, 0.717) is 6.54 Å². The normalized spacial score (nSPS) is 17.6. The molecule has 0 unspecified atom stereocenters. The van der Waals surface area contributed by atoms with Crippen LogP contribution in [0.2, 0.25) is 0 Å². The van der Waals surface area contributed by atoms with Crippen molar-refractivity contribution in [1.29, 1.82) is 5.26 Å². The molecule has 2 rings (SSSR count). The Balaban J connectivity index is 2.05. The van der Waals surface area contributed by atoms with Crippen LogP contribution < -0.4 is 10.6 Å². The molecule has 0 spiro atoms. The summed E-state index contributed by atoms with van der Waals surface area (Å²) in [5, 5.41) is 9.03. The van der Waals surface area contributed by atoms with Crippen LogP contribution in [0, 0.1) is 16.7 Å². The average Bonchev–Trinajstić information content (AvgIpc) is 2.78. The first-order valence-electron chi connectivity index (χ1n) is 6.99. The average molecular weight is 271 g/mol. The highest BCUT2D eigenvalue weighted by Gasteiger charge is 2.31. The van der Waals surface area contributed by atoms with Gasteiger partial charge in [-0.3, -0.25) is 4.79 Å². The van der Waals surface area contributed by atoms with Crippen molar-refractivity contribution < 1.29 is 4.79 Å². The van der Waals surface area contributed by atoms with Gasteiger partial charge in [0.25, 0.3) is 0 Å². The van der Waals surface area contributed by atoms with Crippen molar-refractivity contribution in [2.75, 3.05) is 18.0 Å². The van der Waals surface area contributed by atoms with Gasteiger partial charge in [-0.2, -0.15) is 5.26 Å². The van der Waals surface area contributed by atoms with Crippen LogP contribution in [0.15, 0.2) is 24.3 Å². The van der Waals surface area contributed by atoms with Gasteiger partial charge in [-0.05, 0) is 38.3 Å². The monoisotopic (exact) mass is 271 g/mol. The summed E-state index contributed by atoms with van der Waals surface area (Å²) in [6.45, 7) is 5.42. The Hall–Kier alpha value is -2.02. The van der Waals surface area contributed by atoms with Crippen molar-refractivity contribution in [2.24, 2.45) is 11.1 Å². The van der Waals surface area contributed by atoms with Crippen molar-refractivity contribution in [1.82, 2.24) is 0 Å². The molecule has 1 aliphatic rings. The summed E-state index contributed by atoms with van der Waals surface area (Å²) in [5.74, 6) is -0.479. The molecule has 0 aliphatic carbocycles. The molecular weight excluding hydrogens is 250 g/mol. The summed E-state index contributed by atoms with van der Waals surface area (Å²) < 4.78 is 0. The molecule has 1 aliphatic heterocycles. The molecule has 1 aromatic carbocycles. The summed E-state index contributed by atoms with van der Waals surface area (Å²) in [6, 6.07) is 10.3. The van der Waals surface area contributed by atoms with Gasteiger partial charge in [-0.25, -0.2) is 0 Å². The van der Waals surface area contributed by atoms with E-state index in [1.165, 1.54) is 0 Å². The number of anilines is 1. The van der Waals surface area contributed by atoms with Crippen LogP contribution in [-0.4, -0.2) is 19.0 Å². The van der Waals surface area contributed by atoms with E-state index < -0.39 is 0 Å². The van der Waals surface area contributed by atoms with E-state index in [1.807, 2.05) is 38.1 Å². The first kappa shape index (κ1) is 14.4. The SMILES string of the molecule is CC(C)(C#N)CCCN1C[C@H](C(N)=O)c2ccccc21. The van der Waals surface area contributed by atoms with Gasteiger partial charge in [0.2, 0.25) is 5.91 Å². The van der Waals surface area contributed by atoms with Crippen LogP contribution in [-0.2, 0) is 4.79 Å². The molecular formula is C16H21N3O. The third kappa shape index (κ3) is 2.93. The van der Waals surface area contributed by atoms with Gasteiger partial charge in [0.05, 0.1) is 17.4 Å². The van der Waals surface area contributed by atoms with Gasteiger partial charge in [0.15, 0.2) is 0 Å². The van der Waals surface area contributed by atoms with Crippen LogP contribution in [0.25, 0.3) is 0 Å². The number of amides is 1. The second-order valence-corrected chi connectivity index (χ2v) is 6.06. The van der Waals surface area contributed by atoms with E-state index in [1.54, 1.807) is 0 Å². The predicted octanol–water partition coefficient (Wildman–Crippen LogP) is 2.41. The van der Waals surface area contributed by atoms with E-state index in [9.17, 15) is 4.79 Å². The number of hydrogen-bond donors (Lipinski definition) is 1. The first-order valence-corrected chi connectivity index (χ1v) is 6.99. The molecule has 0 aromatic heterocycles. The number of nitriles is 1. The maximum atomic E-state index is 11.5. The molecule has 0 radical (unpaired) electrons. The number of primary amides is 1. The van der Waals surface area contributed by atoms with Crippen LogP contribution in [0.5, 0.6) is 0 Å².